The summed E-state index contributed by atoms with van der Waals surface area (Å²) in [5, 5.41) is 11.7. The van der Waals surface area contributed by atoms with Gasteiger partial charge in [0.2, 0.25) is 0 Å². The Morgan fingerprint density at radius 1 is 1.50 bits per heavy atom. The number of carbonyl (C=O) groups is 1. The molecule has 0 bridgehead atoms. The van der Waals surface area contributed by atoms with Gasteiger partial charge in [-0.3, -0.25) is 0 Å². The quantitative estimate of drug-likeness (QED) is 0.826. The third kappa shape index (κ3) is 3.05. The van der Waals surface area contributed by atoms with Crippen molar-refractivity contribution in [1.82, 2.24) is 0 Å². The van der Waals surface area contributed by atoms with Crippen LogP contribution in [0.5, 0.6) is 0 Å². The lowest BCUT2D eigenvalue weighted by Gasteiger charge is -2.25. The van der Waals surface area contributed by atoms with Gasteiger partial charge in [-0.05, 0) is 30.5 Å². The van der Waals surface area contributed by atoms with E-state index in [0.717, 1.165) is 4.88 Å². The van der Waals surface area contributed by atoms with Gasteiger partial charge >= 0.3 is 5.97 Å². The highest BCUT2D eigenvalue weighted by atomic mass is 35.5. The number of nitrogens with two attached hydrogens (primary N) is 1. The lowest BCUT2D eigenvalue weighted by Crippen LogP contribution is -2.24. The van der Waals surface area contributed by atoms with Crippen LogP contribution in [0.25, 0.3) is 0 Å². The SMILES string of the molecule is CCN(Cc1cccs1)c1c(Cl)cc(N)cc1C(=O)O. The van der Waals surface area contributed by atoms with E-state index >= 15 is 0 Å². The lowest BCUT2D eigenvalue weighted by atomic mass is 10.1. The van der Waals surface area contributed by atoms with Crippen LogP contribution in [0, 0.1) is 0 Å². The van der Waals surface area contributed by atoms with Crippen LogP contribution in [-0.2, 0) is 6.54 Å². The number of benzene rings is 1. The maximum absolute atomic E-state index is 11.4. The molecule has 1 aromatic carbocycles. The summed E-state index contributed by atoms with van der Waals surface area (Å²) in [5.41, 5.74) is 6.68. The van der Waals surface area contributed by atoms with E-state index in [2.05, 4.69) is 0 Å². The van der Waals surface area contributed by atoms with Gasteiger partial charge in [0.25, 0.3) is 0 Å². The number of nitrogen functional groups attached to an aromatic ring is 1. The Bertz CT molecular complexity index is 614. The van der Waals surface area contributed by atoms with Crippen LogP contribution in [0.3, 0.4) is 0 Å². The van der Waals surface area contributed by atoms with Crippen LogP contribution in [0.15, 0.2) is 29.6 Å². The molecule has 0 amide bonds. The molecule has 0 saturated carbocycles. The van der Waals surface area contributed by atoms with Gasteiger partial charge in [-0.25, -0.2) is 4.79 Å². The maximum Gasteiger partial charge on any atom is 0.337 e. The molecular formula is C14H15ClN2O2S. The topological polar surface area (TPSA) is 66.6 Å². The van der Waals surface area contributed by atoms with E-state index in [-0.39, 0.29) is 5.56 Å². The Morgan fingerprint density at radius 3 is 2.80 bits per heavy atom. The zero-order valence-corrected chi connectivity index (χ0v) is 12.5. The molecule has 1 aromatic heterocycles. The van der Waals surface area contributed by atoms with Crippen LogP contribution in [0.2, 0.25) is 5.02 Å². The second-order valence-electron chi connectivity index (χ2n) is 4.30. The van der Waals surface area contributed by atoms with Gasteiger partial charge in [0.05, 0.1) is 22.8 Å². The van der Waals surface area contributed by atoms with Gasteiger partial charge in [0, 0.05) is 17.1 Å². The smallest absolute Gasteiger partial charge is 0.337 e. The summed E-state index contributed by atoms with van der Waals surface area (Å²) in [6.07, 6.45) is 0. The zero-order valence-electron chi connectivity index (χ0n) is 11.0. The first kappa shape index (κ1) is 14.7. The number of aromatic carboxylic acids is 1. The van der Waals surface area contributed by atoms with Crippen LogP contribution in [0.1, 0.15) is 22.2 Å². The molecule has 6 heteroatoms. The summed E-state index contributed by atoms with van der Waals surface area (Å²) in [6.45, 7) is 3.24. The summed E-state index contributed by atoms with van der Waals surface area (Å²) < 4.78 is 0. The number of carboxylic acid groups (broad SMARTS) is 1. The molecule has 4 nitrogen and oxygen atoms in total. The van der Waals surface area contributed by atoms with Crippen molar-refractivity contribution in [2.45, 2.75) is 13.5 Å². The predicted octanol–water partition coefficient (Wildman–Crippen LogP) is 3.71. The average Bonchev–Trinajstić information content (AvgIpc) is 2.88. The normalized spacial score (nSPS) is 10.5. The fourth-order valence-corrected chi connectivity index (χ4v) is 3.11. The van der Waals surface area contributed by atoms with Crippen LogP contribution < -0.4 is 10.6 Å². The zero-order chi connectivity index (χ0) is 14.7. The minimum atomic E-state index is -1.03. The monoisotopic (exact) mass is 310 g/mol. The summed E-state index contributed by atoms with van der Waals surface area (Å²) >= 11 is 7.84. The molecule has 106 valence electrons. The molecule has 0 aliphatic carbocycles. The van der Waals surface area contributed by atoms with Crippen molar-refractivity contribution in [3.8, 4) is 0 Å². The van der Waals surface area contributed by atoms with Crippen molar-refractivity contribution < 1.29 is 9.90 Å². The minimum absolute atomic E-state index is 0.133. The van der Waals surface area contributed by atoms with E-state index in [0.29, 0.717) is 29.5 Å². The van der Waals surface area contributed by atoms with E-state index < -0.39 is 5.97 Å². The second-order valence-corrected chi connectivity index (χ2v) is 5.74. The number of rotatable bonds is 5. The van der Waals surface area contributed by atoms with Crippen molar-refractivity contribution >= 4 is 40.3 Å². The highest BCUT2D eigenvalue weighted by Gasteiger charge is 2.20. The average molecular weight is 311 g/mol. The highest BCUT2D eigenvalue weighted by Crippen LogP contribution is 2.34. The molecule has 0 aliphatic heterocycles. The summed E-state index contributed by atoms with van der Waals surface area (Å²) in [7, 11) is 0. The Kier molecular flexibility index (Phi) is 4.52. The van der Waals surface area contributed by atoms with Gasteiger partial charge in [-0.1, -0.05) is 17.7 Å². The molecule has 0 radical (unpaired) electrons. The summed E-state index contributed by atoms with van der Waals surface area (Å²) in [5.74, 6) is -1.03. The van der Waals surface area contributed by atoms with Crippen molar-refractivity contribution in [2.75, 3.05) is 17.2 Å². The molecule has 3 N–H and O–H groups in total. The first-order chi connectivity index (χ1) is 9.52. The summed E-state index contributed by atoms with van der Waals surface area (Å²) in [4.78, 5) is 14.5. The Labute approximate surface area is 126 Å². The van der Waals surface area contributed by atoms with Crippen LogP contribution in [-0.4, -0.2) is 17.6 Å². The summed E-state index contributed by atoms with van der Waals surface area (Å²) in [6, 6.07) is 7.01. The highest BCUT2D eigenvalue weighted by molar-refractivity contribution is 7.09. The molecule has 2 rings (SSSR count). The molecule has 0 saturated heterocycles. The van der Waals surface area contributed by atoms with Crippen molar-refractivity contribution in [2.24, 2.45) is 0 Å². The number of hydrogen-bond donors (Lipinski definition) is 2. The van der Waals surface area contributed by atoms with Crippen LogP contribution >= 0.6 is 22.9 Å². The van der Waals surface area contributed by atoms with E-state index in [1.807, 2.05) is 29.3 Å². The maximum atomic E-state index is 11.4. The van der Waals surface area contributed by atoms with Crippen molar-refractivity contribution in [3.63, 3.8) is 0 Å². The first-order valence-electron chi connectivity index (χ1n) is 6.12. The van der Waals surface area contributed by atoms with E-state index in [9.17, 15) is 9.90 Å². The third-order valence-electron chi connectivity index (χ3n) is 2.94. The molecule has 0 spiro atoms. The number of thiophene rings is 1. The number of halogens is 1. The number of anilines is 2. The minimum Gasteiger partial charge on any atom is -0.478 e. The Morgan fingerprint density at radius 2 is 2.25 bits per heavy atom. The second kappa shape index (κ2) is 6.15. The van der Waals surface area contributed by atoms with Crippen molar-refractivity contribution in [3.05, 3.63) is 45.1 Å². The van der Waals surface area contributed by atoms with Crippen molar-refractivity contribution in [1.29, 1.82) is 0 Å². The number of nitrogens with zero attached hydrogens (tertiary/aromatic N) is 1. The van der Waals surface area contributed by atoms with Gasteiger partial charge in [0.15, 0.2) is 0 Å². The molecule has 0 fully saturated rings. The predicted molar refractivity (Wildman–Crippen MR) is 83.9 cm³/mol. The Hall–Kier alpha value is -1.72. The molecule has 2 aromatic rings. The van der Waals surface area contributed by atoms with E-state index in [1.165, 1.54) is 6.07 Å². The first-order valence-corrected chi connectivity index (χ1v) is 7.38. The van der Waals surface area contributed by atoms with E-state index in [1.54, 1.807) is 17.4 Å². The van der Waals surface area contributed by atoms with Gasteiger partial charge in [0.1, 0.15) is 0 Å². The molecule has 20 heavy (non-hydrogen) atoms. The fraction of sp³-hybridized carbons (Fsp3) is 0.214. The molecule has 1 heterocycles. The van der Waals surface area contributed by atoms with E-state index in [4.69, 9.17) is 17.3 Å². The molecular weight excluding hydrogens is 296 g/mol. The van der Waals surface area contributed by atoms with Gasteiger partial charge in [-0.15, -0.1) is 11.3 Å². The molecule has 0 unspecified atom stereocenters. The number of carboxylic acids is 1. The largest absolute Gasteiger partial charge is 0.478 e. The third-order valence-corrected chi connectivity index (χ3v) is 4.09. The van der Waals surface area contributed by atoms with Gasteiger partial charge in [-0.2, -0.15) is 0 Å². The lowest BCUT2D eigenvalue weighted by molar-refractivity contribution is 0.0697. The standard InChI is InChI=1S/C14H15ClN2O2S/c1-2-17(8-10-4-3-5-20-10)13-11(14(18)19)6-9(16)7-12(13)15/h3-7H,2,8,16H2,1H3,(H,18,19). The Balaban J connectivity index is 2.45. The molecule has 0 aliphatic rings. The number of hydrogen-bond acceptors (Lipinski definition) is 4. The van der Waals surface area contributed by atoms with Gasteiger partial charge < -0.3 is 15.7 Å². The van der Waals surface area contributed by atoms with Crippen LogP contribution in [0.4, 0.5) is 11.4 Å². The molecule has 0 atom stereocenters. The fourth-order valence-electron chi connectivity index (χ4n) is 2.04.